The van der Waals surface area contributed by atoms with Gasteiger partial charge in [0.05, 0.1) is 10.6 Å². The number of ketones is 1. The molecule has 2 N–H and O–H groups in total. The molecular formula is C10H11ClFNO. The van der Waals surface area contributed by atoms with Crippen molar-refractivity contribution in [2.24, 2.45) is 5.73 Å². The van der Waals surface area contributed by atoms with Crippen LogP contribution in [0, 0.1) is 12.7 Å². The zero-order valence-electron chi connectivity index (χ0n) is 7.81. The van der Waals surface area contributed by atoms with Crippen molar-refractivity contribution in [1.82, 2.24) is 0 Å². The second-order valence-corrected chi connectivity index (χ2v) is 3.48. The van der Waals surface area contributed by atoms with E-state index in [1.807, 2.05) is 0 Å². The maximum atomic E-state index is 13.4. The lowest BCUT2D eigenvalue weighted by Crippen LogP contribution is -2.10. The van der Waals surface area contributed by atoms with Gasteiger partial charge < -0.3 is 5.73 Å². The van der Waals surface area contributed by atoms with Crippen LogP contribution in [0.1, 0.15) is 22.3 Å². The van der Waals surface area contributed by atoms with E-state index in [4.69, 9.17) is 17.3 Å². The molecule has 0 aromatic heterocycles. The average molecular weight is 216 g/mol. The fraction of sp³-hybridized carbons (Fsp3) is 0.300. The maximum Gasteiger partial charge on any atom is 0.167 e. The maximum absolute atomic E-state index is 13.4. The van der Waals surface area contributed by atoms with Gasteiger partial charge in [-0.15, -0.1) is 0 Å². The number of hydrogen-bond acceptors (Lipinski definition) is 2. The lowest BCUT2D eigenvalue weighted by atomic mass is 10.1. The van der Waals surface area contributed by atoms with Crippen molar-refractivity contribution in [3.8, 4) is 0 Å². The molecule has 0 amide bonds. The van der Waals surface area contributed by atoms with Crippen LogP contribution in [0.25, 0.3) is 0 Å². The van der Waals surface area contributed by atoms with Crippen LogP contribution >= 0.6 is 11.6 Å². The lowest BCUT2D eigenvalue weighted by molar-refractivity contribution is 0.0981. The van der Waals surface area contributed by atoms with Gasteiger partial charge in [-0.3, -0.25) is 4.79 Å². The molecule has 76 valence electrons. The van der Waals surface area contributed by atoms with E-state index in [1.165, 1.54) is 12.1 Å². The third kappa shape index (κ3) is 2.30. The zero-order valence-corrected chi connectivity index (χ0v) is 8.57. The largest absolute Gasteiger partial charge is 0.330 e. The number of aryl methyl sites for hydroxylation is 1. The molecule has 0 radical (unpaired) electrons. The Morgan fingerprint density at radius 1 is 1.57 bits per heavy atom. The van der Waals surface area contributed by atoms with Crippen molar-refractivity contribution < 1.29 is 9.18 Å². The highest BCUT2D eigenvalue weighted by molar-refractivity contribution is 6.31. The molecule has 0 aliphatic carbocycles. The number of nitrogens with two attached hydrogens (primary N) is 1. The van der Waals surface area contributed by atoms with Crippen LogP contribution in [-0.2, 0) is 0 Å². The van der Waals surface area contributed by atoms with Crippen molar-refractivity contribution in [2.45, 2.75) is 13.3 Å². The summed E-state index contributed by atoms with van der Waals surface area (Å²) in [4.78, 5) is 11.4. The Morgan fingerprint density at radius 3 is 2.79 bits per heavy atom. The van der Waals surface area contributed by atoms with Gasteiger partial charge in [0.15, 0.2) is 11.6 Å². The highest BCUT2D eigenvalue weighted by atomic mass is 35.5. The van der Waals surface area contributed by atoms with E-state index >= 15 is 0 Å². The Kier molecular flexibility index (Phi) is 3.61. The molecule has 0 fully saturated rings. The molecule has 1 aromatic rings. The Bertz CT molecular complexity index is 365. The van der Waals surface area contributed by atoms with E-state index in [2.05, 4.69) is 0 Å². The Balaban J connectivity index is 3.13. The van der Waals surface area contributed by atoms with Crippen molar-refractivity contribution in [1.29, 1.82) is 0 Å². The average Bonchev–Trinajstić information content (AvgIpc) is 2.11. The molecule has 0 aliphatic rings. The summed E-state index contributed by atoms with van der Waals surface area (Å²) in [5, 5.41) is -0.0228. The molecule has 0 spiro atoms. The summed E-state index contributed by atoms with van der Waals surface area (Å²) in [5.41, 5.74) is 6.01. The summed E-state index contributed by atoms with van der Waals surface area (Å²) < 4.78 is 13.4. The quantitative estimate of drug-likeness (QED) is 0.787. The Labute approximate surface area is 86.9 Å². The molecule has 0 aliphatic heterocycles. The number of rotatable bonds is 3. The van der Waals surface area contributed by atoms with Crippen LogP contribution in [0.3, 0.4) is 0 Å². The van der Waals surface area contributed by atoms with Crippen LogP contribution in [0.4, 0.5) is 4.39 Å². The van der Waals surface area contributed by atoms with Gasteiger partial charge in [0.1, 0.15) is 0 Å². The van der Waals surface area contributed by atoms with Crippen LogP contribution in [-0.4, -0.2) is 12.3 Å². The van der Waals surface area contributed by atoms with Gasteiger partial charge in [-0.25, -0.2) is 4.39 Å². The first kappa shape index (κ1) is 11.1. The summed E-state index contributed by atoms with van der Waals surface area (Å²) in [7, 11) is 0. The van der Waals surface area contributed by atoms with E-state index in [9.17, 15) is 9.18 Å². The molecule has 4 heteroatoms. The standard InChI is InChI=1S/C10H11ClFNO/c1-6-4-7(9(14)2-3-13)10(12)8(11)5-6/h4-5H,2-3,13H2,1H3. The fourth-order valence-electron chi connectivity index (χ4n) is 1.19. The van der Waals surface area contributed by atoms with E-state index < -0.39 is 5.82 Å². The molecule has 1 aromatic carbocycles. The first-order valence-electron chi connectivity index (χ1n) is 4.25. The third-order valence-electron chi connectivity index (χ3n) is 1.84. The number of carbonyl (C=O) groups is 1. The van der Waals surface area contributed by atoms with Gasteiger partial charge in [-0.05, 0) is 31.2 Å². The zero-order chi connectivity index (χ0) is 10.7. The van der Waals surface area contributed by atoms with Gasteiger partial charge in [0.25, 0.3) is 0 Å². The number of Topliss-reactive ketones (excluding diaryl/α,β-unsaturated/α-hetero) is 1. The molecule has 2 nitrogen and oxygen atoms in total. The van der Waals surface area contributed by atoms with Crippen LogP contribution in [0.15, 0.2) is 12.1 Å². The number of hydrogen-bond donors (Lipinski definition) is 1. The smallest absolute Gasteiger partial charge is 0.167 e. The van der Waals surface area contributed by atoms with Gasteiger partial charge >= 0.3 is 0 Å². The minimum absolute atomic E-state index is 0.0228. The molecule has 0 bridgehead atoms. The minimum atomic E-state index is -0.657. The second-order valence-electron chi connectivity index (χ2n) is 3.07. The molecule has 1 rings (SSSR count). The predicted molar refractivity (Wildman–Crippen MR) is 54.1 cm³/mol. The Morgan fingerprint density at radius 2 is 2.21 bits per heavy atom. The molecule has 0 heterocycles. The van der Waals surface area contributed by atoms with E-state index in [0.717, 1.165) is 5.56 Å². The SMILES string of the molecule is Cc1cc(Cl)c(F)c(C(=O)CCN)c1. The van der Waals surface area contributed by atoms with Gasteiger partial charge in [0.2, 0.25) is 0 Å². The monoisotopic (exact) mass is 215 g/mol. The molecule has 0 saturated carbocycles. The number of carbonyl (C=O) groups excluding carboxylic acids is 1. The molecule has 14 heavy (non-hydrogen) atoms. The molecule has 0 unspecified atom stereocenters. The van der Waals surface area contributed by atoms with Crippen molar-refractivity contribution >= 4 is 17.4 Å². The van der Waals surface area contributed by atoms with E-state index in [0.29, 0.717) is 0 Å². The first-order valence-corrected chi connectivity index (χ1v) is 4.63. The lowest BCUT2D eigenvalue weighted by Gasteiger charge is -2.04. The number of halogens is 2. The highest BCUT2D eigenvalue weighted by Gasteiger charge is 2.14. The van der Waals surface area contributed by atoms with Crippen molar-refractivity contribution in [2.75, 3.05) is 6.54 Å². The summed E-state index contributed by atoms with van der Waals surface area (Å²) in [6.45, 7) is 1.97. The molecule has 0 saturated heterocycles. The van der Waals surface area contributed by atoms with Gasteiger partial charge in [-0.1, -0.05) is 11.6 Å². The molecular weight excluding hydrogens is 205 g/mol. The summed E-state index contributed by atoms with van der Waals surface area (Å²) in [5.74, 6) is -0.966. The highest BCUT2D eigenvalue weighted by Crippen LogP contribution is 2.21. The Hall–Kier alpha value is -0.930. The fourth-order valence-corrected chi connectivity index (χ4v) is 1.47. The summed E-state index contributed by atoms with van der Waals surface area (Å²) >= 11 is 5.60. The molecule has 0 atom stereocenters. The van der Waals surface area contributed by atoms with Crippen LogP contribution in [0.2, 0.25) is 5.02 Å². The summed E-state index contributed by atoms with van der Waals surface area (Å²) in [6, 6.07) is 2.97. The van der Waals surface area contributed by atoms with E-state index in [-0.39, 0.29) is 29.3 Å². The second kappa shape index (κ2) is 4.53. The van der Waals surface area contributed by atoms with Gasteiger partial charge in [-0.2, -0.15) is 0 Å². The predicted octanol–water partition coefficient (Wildman–Crippen LogP) is 2.32. The van der Waals surface area contributed by atoms with Crippen molar-refractivity contribution in [3.63, 3.8) is 0 Å². The normalized spacial score (nSPS) is 10.3. The minimum Gasteiger partial charge on any atom is -0.330 e. The van der Waals surface area contributed by atoms with Crippen LogP contribution < -0.4 is 5.73 Å². The number of benzene rings is 1. The van der Waals surface area contributed by atoms with Crippen molar-refractivity contribution in [3.05, 3.63) is 34.1 Å². The summed E-state index contributed by atoms with van der Waals surface area (Å²) in [6.07, 6.45) is 0.136. The topological polar surface area (TPSA) is 43.1 Å². The van der Waals surface area contributed by atoms with E-state index in [1.54, 1.807) is 6.92 Å². The third-order valence-corrected chi connectivity index (χ3v) is 2.12. The first-order chi connectivity index (χ1) is 6.56. The van der Waals surface area contributed by atoms with Gasteiger partial charge in [0, 0.05) is 6.42 Å². The van der Waals surface area contributed by atoms with Crippen LogP contribution in [0.5, 0.6) is 0 Å².